The van der Waals surface area contributed by atoms with Crippen molar-refractivity contribution in [3.63, 3.8) is 0 Å². The molecule has 1 N–H and O–H groups in total. The van der Waals surface area contributed by atoms with Gasteiger partial charge in [0.15, 0.2) is 5.82 Å². The van der Waals surface area contributed by atoms with Gasteiger partial charge in [0.05, 0.1) is 36.6 Å². The molecule has 0 radical (unpaired) electrons. The third-order valence-corrected chi connectivity index (χ3v) is 4.82. The van der Waals surface area contributed by atoms with E-state index in [2.05, 4.69) is 25.3 Å². The largest absolute Gasteiger partial charge is 0.379 e. The molecule has 10 heteroatoms. The van der Waals surface area contributed by atoms with Gasteiger partial charge in [0.1, 0.15) is 5.82 Å². The van der Waals surface area contributed by atoms with Gasteiger partial charge in [-0.1, -0.05) is 12.1 Å². The third kappa shape index (κ3) is 4.97. The van der Waals surface area contributed by atoms with E-state index < -0.39 is 4.92 Å². The Labute approximate surface area is 173 Å². The fourth-order valence-corrected chi connectivity index (χ4v) is 3.29. The van der Waals surface area contributed by atoms with E-state index in [1.165, 1.54) is 12.1 Å². The highest BCUT2D eigenvalue weighted by atomic mass is 16.6. The number of morpholine rings is 1. The van der Waals surface area contributed by atoms with Gasteiger partial charge in [0.2, 0.25) is 0 Å². The van der Waals surface area contributed by atoms with Gasteiger partial charge in [-0.15, -0.1) is 0 Å². The molecular weight excluding hydrogens is 386 g/mol. The first kappa shape index (κ1) is 19.9. The van der Waals surface area contributed by atoms with Gasteiger partial charge in [-0.25, -0.2) is 9.97 Å². The smallest absolute Gasteiger partial charge is 0.270 e. The molecule has 0 bridgehead atoms. The molecule has 0 amide bonds. The molecule has 10 nitrogen and oxygen atoms in total. The fourth-order valence-electron chi connectivity index (χ4n) is 3.29. The minimum atomic E-state index is -0.427. The predicted octanol–water partition coefficient (Wildman–Crippen LogP) is 2.63. The van der Waals surface area contributed by atoms with E-state index in [0.29, 0.717) is 17.2 Å². The van der Waals surface area contributed by atoms with Crippen LogP contribution in [-0.2, 0) is 11.3 Å². The zero-order valence-electron chi connectivity index (χ0n) is 16.7. The minimum Gasteiger partial charge on any atom is -0.379 e. The van der Waals surface area contributed by atoms with Crippen molar-refractivity contribution >= 4 is 17.2 Å². The Kier molecular flexibility index (Phi) is 5.96. The van der Waals surface area contributed by atoms with E-state index in [0.717, 1.165) is 50.8 Å². The molecule has 2 aromatic heterocycles. The number of aromatic nitrogens is 4. The van der Waals surface area contributed by atoms with Crippen LogP contribution in [0.5, 0.6) is 0 Å². The number of nitro benzene ring substituents is 1. The van der Waals surface area contributed by atoms with Crippen LogP contribution in [0.25, 0.3) is 11.4 Å². The number of nitrogens with zero attached hydrogens (tertiary/aromatic N) is 6. The summed E-state index contributed by atoms with van der Waals surface area (Å²) in [5.74, 6) is 1.04. The van der Waals surface area contributed by atoms with Crippen LogP contribution in [0, 0.1) is 17.0 Å². The molecule has 1 aliphatic rings. The van der Waals surface area contributed by atoms with E-state index in [-0.39, 0.29) is 5.69 Å². The lowest BCUT2D eigenvalue weighted by Gasteiger charge is -2.26. The Morgan fingerprint density at radius 3 is 2.83 bits per heavy atom. The lowest BCUT2D eigenvalue weighted by atomic mass is 10.2. The molecule has 4 rings (SSSR count). The molecule has 156 valence electrons. The standard InChI is InChI=1S/C20H23N7O3/c1-15-11-19(24-20(22-15)16-3-2-4-18(12-16)27(28)29)23-17-13-21-26(14-17)6-5-25-7-9-30-10-8-25/h2-4,11-14H,5-10H2,1H3,(H,22,23,24). The fraction of sp³-hybridized carbons (Fsp3) is 0.350. The third-order valence-electron chi connectivity index (χ3n) is 4.82. The summed E-state index contributed by atoms with van der Waals surface area (Å²) in [7, 11) is 0. The van der Waals surface area contributed by atoms with Crippen molar-refractivity contribution in [2.24, 2.45) is 0 Å². The number of hydrogen-bond acceptors (Lipinski definition) is 8. The molecule has 3 heterocycles. The van der Waals surface area contributed by atoms with Crippen LogP contribution in [0.3, 0.4) is 0 Å². The lowest BCUT2D eigenvalue weighted by molar-refractivity contribution is -0.384. The Morgan fingerprint density at radius 2 is 2.03 bits per heavy atom. The Bertz CT molecular complexity index is 1030. The highest BCUT2D eigenvalue weighted by Crippen LogP contribution is 2.23. The van der Waals surface area contributed by atoms with Gasteiger partial charge in [-0.2, -0.15) is 5.10 Å². The molecule has 1 fully saturated rings. The van der Waals surface area contributed by atoms with Crippen molar-refractivity contribution in [3.8, 4) is 11.4 Å². The van der Waals surface area contributed by atoms with Crippen molar-refractivity contribution in [1.29, 1.82) is 0 Å². The highest BCUT2D eigenvalue weighted by Gasteiger charge is 2.12. The number of hydrogen-bond donors (Lipinski definition) is 1. The van der Waals surface area contributed by atoms with E-state index in [9.17, 15) is 10.1 Å². The average molecular weight is 409 g/mol. The molecule has 0 atom stereocenters. The molecule has 0 aliphatic carbocycles. The first-order valence-corrected chi connectivity index (χ1v) is 9.77. The molecule has 0 unspecified atom stereocenters. The zero-order valence-corrected chi connectivity index (χ0v) is 16.7. The zero-order chi connectivity index (χ0) is 20.9. The topological polar surface area (TPSA) is 111 Å². The van der Waals surface area contributed by atoms with Crippen molar-refractivity contribution in [2.75, 3.05) is 38.2 Å². The molecule has 30 heavy (non-hydrogen) atoms. The quantitative estimate of drug-likeness (QED) is 0.468. The summed E-state index contributed by atoms with van der Waals surface area (Å²) in [5.41, 5.74) is 2.18. The van der Waals surface area contributed by atoms with E-state index in [4.69, 9.17) is 4.74 Å². The normalized spacial score (nSPS) is 14.6. The summed E-state index contributed by atoms with van der Waals surface area (Å²) in [4.78, 5) is 21.9. The Morgan fingerprint density at radius 1 is 1.20 bits per heavy atom. The summed E-state index contributed by atoms with van der Waals surface area (Å²) in [6.45, 7) is 7.05. The van der Waals surface area contributed by atoms with Gasteiger partial charge < -0.3 is 10.1 Å². The van der Waals surface area contributed by atoms with Gasteiger partial charge in [-0.3, -0.25) is 19.7 Å². The maximum Gasteiger partial charge on any atom is 0.270 e. The second-order valence-electron chi connectivity index (χ2n) is 7.10. The van der Waals surface area contributed by atoms with Crippen molar-refractivity contribution in [2.45, 2.75) is 13.5 Å². The number of nitrogens with one attached hydrogen (secondary N) is 1. The van der Waals surface area contributed by atoms with Gasteiger partial charge in [-0.05, 0) is 6.92 Å². The Hall–Kier alpha value is -3.37. The summed E-state index contributed by atoms with van der Waals surface area (Å²) in [6, 6.07) is 8.14. The second kappa shape index (κ2) is 8.97. The molecule has 1 aromatic carbocycles. The van der Waals surface area contributed by atoms with Crippen molar-refractivity contribution in [3.05, 3.63) is 58.5 Å². The van der Waals surface area contributed by atoms with E-state index >= 15 is 0 Å². The lowest BCUT2D eigenvalue weighted by Crippen LogP contribution is -2.38. The van der Waals surface area contributed by atoms with Crippen LogP contribution < -0.4 is 5.32 Å². The minimum absolute atomic E-state index is 0.00802. The van der Waals surface area contributed by atoms with Crippen molar-refractivity contribution < 1.29 is 9.66 Å². The van der Waals surface area contributed by atoms with Crippen molar-refractivity contribution in [1.82, 2.24) is 24.6 Å². The molecule has 1 aliphatic heterocycles. The van der Waals surface area contributed by atoms with Crippen LogP contribution in [-0.4, -0.2) is 62.4 Å². The van der Waals surface area contributed by atoms with Crippen LogP contribution in [0.2, 0.25) is 0 Å². The number of benzene rings is 1. The van der Waals surface area contributed by atoms with Crippen LogP contribution in [0.1, 0.15) is 5.69 Å². The summed E-state index contributed by atoms with van der Waals surface area (Å²) in [6.07, 6.45) is 3.69. The number of aryl methyl sites for hydroxylation is 1. The maximum absolute atomic E-state index is 11.1. The van der Waals surface area contributed by atoms with Gasteiger partial charge in [0.25, 0.3) is 5.69 Å². The number of non-ortho nitro benzene ring substituents is 1. The van der Waals surface area contributed by atoms with E-state index in [1.54, 1.807) is 18.3 Å². The van der Waals surface area contributed by atoms with Crippen LogP contribution >= 0.6 is 0 Å². The second-order valence-corrected chi connectivity index (χ2v) is 7.10. The number of nitro groups is 1. The predicted molar refractivity (Wildman–Crippen MR) is 112 cm³/mol. The summed E-state index contributed by atoms with van der Waals surface area (Å²) in [5, 5.41) is 18.7. The summed E-state index contributed by atoms with van der Waals surface area (Å²) < 4.78 is 7.27. The molecule has 1 saturated heterocycles. The van der Waals surface area contributed by atoms with Crippen LogP contribution in [0.4, 0.5) is 17.2 Å². The SMILES string of the molecule is Cc1cc(Nc2cnn(CCN3CCOCC3)c2)nc(-c2cccc([N+](=O)[O-])c2)n1. The molecule has 3 aromatic rings. The average Bonchev–Trinajstić information content (AvgIpc) is 3.20. The number of anilines is 2. The van der Waals surface area contributed by atoms with Crippen LogP contribution in [0.15, 0.2) is 42.7 Å². The number of rotatable bonds is 7. The highest BCUT2D eigenvalue weighted by molar-refractivity contribution is 5.63. The first-order valence-electron chi connectivity index (χ1n) is 9.77. The van der Waals surface area contributed by atoms with Gasteiger partial charge >= 0.3 is 0 Å². The van der Waals surface area contributed by atoms with E-state index in [1.807, 2.05) is 23.9 Å². The Balaban J connectivity index is 1.45. The monoisotopic (exact) mass is 409 g/mol. The van der Waals surface area contributed by atoms with Gasteiger partial charge in [0, 0.05) is 55.3 Å². The maximum atomic E-state index is 11.1. The molecule has 0 spiro atoms. The number of ether oxygens (including phenoxy) is 1. The molecule has 0 saturated carbocycles. The summed E-state index contributed by atoms with van der Waals surface area (Å²) >= 11 is 0. The molecular formula is C20H23N7O3. The first-order chi connectivity index (χ1) is 14.6.